The van der Waals surface area contributed by atoms with Crippen molar-refractivity contribution in [1.82, 2.24) is 9.71 Å². The minimum Gasteiger partial charge on any atom is -0.462 e. The Labute approximate surface area is 173 Å². The summed E-state index contributed by atoms with van der Waals surface area (Å²) in [5.41, 5.74) is 0.763. The monoisotopic (exact) mass is 435 g/mol. The molecule has 0 aliphatic heterocycles. The van der Waals surface area contributed by atoms with Gasteiger partial charge in [0.25, 0.3) is 5.91 Å². The van der Waals surface area contributed by atoms with Gasteiger partial charge in [0.05, 0.1) is 17.8 Å². The van der Waals surface area contributed by atoms with Crippen molar-refractivity contribution in [1.29, 1.82) is 0 Å². The number of benzene rings is 1. The van der Waals surface area contributed by atoms with Gasteiger partial charge < -0.3 is 14.5 Å². The smallest absolute Gasteiger partial charge is 0.275 e. The fraction of sp³-hybridized carbons (Fsp3) is 0.263. The zero-order valence-corrected chi connectivity index (χ0v) is 17.8. The summed E-state index contributed by atoms with van der Waals surface area (Å²) in [6.07, 6.45) is 1.55. The molecule has 2 aromatic heterocycles. The number of anilines is 1. The quantitative estimate of drug-likeness (QED) is 0.562. The van der Waals surface area contributed by atoms with Crippen LogP contribution < -0.4 is 10.0 Å². The van der Waals surface area contributed by atoms with Crippen LogP contribution in [-0.2, 0) is 14.8 Å². The largest absolute Gasteiger partial charge is 0.462 e. The van der Waals surface area contributed by atoms with Gasteiger partial charge in [0.2, 0.25) is 10.0 Å². The number of rotatable bonds is 8. The topological polar surface area (TPSA) is 111 Å². The Hall–Kier alpha value is -2.53. The molecular formula is C19H21N3O5S2. The first-order valence-corrected chi connectivity index (χ1v) is 11.0. The molecule has 0 saturated heterocycles. The van der Waals surface area contributed by atoms with E-state index >= 15 is 0 Å². The molecule has 0 radical (unpaired) electrons. The molecule has 2 heterocycles. The Morgan fingerprint density at radius 2 is 2.00 bits per heavy atom. The maximum absolute atomic E-state index is 12.6. The Morgan fingerprint density at radius 1 is 1.28 bits per heavy atom. The predicted octanol–water partition coefficient (Wildman–Crippen LogP) is 3.28. The van der Waals surface area contributed by atoms with Gasteiger partial charge in [-0.3, -0.25) is 4.79 Å². The maximum Gasteiger partial charge on any atom is 0.275 e. The lowest BCUT2D eigenvalue weighted by Crippen LogP contribution is -2.35. The minimum atomic E-state index is -3.67. The number of carbonyl (C=O) groups excluding carboxylic acids is 1. The van der Waals surface area contributed by atoms with Crippen molar-refractivity contribution in [2.75, 3.05) is 19.0 Å². The van der Waals surface area contributed by atoms with E-state index in [1.165, 1.54) is 42.7 Å². The van der Waals surface area contributed by atoms with Gasteiger partial charge in [0.15, 0.2) is 10.8 Å². The third-order valence-electron chi connectivity index (χ3n) is 3.94. The Morgan fingerprint density at radius 3 is 2.62 bits per heavy atom. The fourth-order valence-electron chi connectivity index (χ4n) is 2.64. The number of amides is 1. The molecule has 2 N–H and O–H groups in total. The maximum atomic E-state index is 12.6. The standard InChI is InChI=1S/C19H21N3O5S2/c1-12(11-26-3)22-29(24,25)15-8-6-14(7-9-15)20-18(23)17-13(2)28-19(21-17)16-5-4-10-27-16/h4-10,12,22H,11H2,1-3H3,(H,20,23). The van der Waals surface area contributed by atoms with Crippen LogP contribution in [0.5, 0.6) is 0 Å². The van der Waals surface area contributed by atoms with Crippen molar-refractivity contribution >= 4 is 33.0 Å². The van der Waals surface area contributed by atoms with Crippen LogP contribution in [0, 0.1) is 6.92 Å². The van der Waals surface area contributed by atoms with Crippen LogP contribution in [0.4, 0.5) is 5.69 Å². The van der Waals surface area contributed by atoms with Gasteiger partial charge >= 0.3 is 0 Å². The van der Waals surface area contributed by atoms with Crippen molar-refractivity contribution in [2.24, 2.45) is 0 Å². The van der Waals surface area contributed by atoms with Gasteiger partial charge in [0.1, 0.15) is 5.69 Å². The first kappa shape index (κ1) is 21.2. The summed E-state index contributed by atoms with van der Waals surface area (Å²) in [6, 6.07) is 9.10. The van der Waals surface area contributed by atoms with E-state index in [2.05, 4.69) is 15.0 Å². The number of thiazole rings is 1. The number of furan rings is 1. The molecule has 1 atom stereocenters. The van der Waals surface area contributed by atoms with E-state index in [1.807, 2.05) is 6.92 Å². The summed E-state index contributed by atoms with van der Waals surface area (Å²) in [6.45, 7) is 3.78. The van der Waals surface area contributed by atoms with Crippen LogP contribution in [0.25, 0.3) is 10.8 Å². The average molecular weight is 436 g/mol. The van der Waals surface area contributed by atoms with Crippen LogP contribution in [0.1, 0.15) is 22.3 Å². The van der Waals surface area contributed by atoms with Gasteiger partial charge in [0, 0.05) is 23.7 Å². The fourth-order valence-corrected chi connectivity index (χ4v) is 4.74. The Kier molecular flexibility index (Phi) is 6.48. The number of hydrogen-bond acceptors (Lipinski definition) is 7. The van der Waals surface area contributed by atoms with Gasteiger partial charge in [-0.05, 0) is 50.2 Å². The third kappa shape index (κ3) is 5.10. The van der Waals surface area contributed by atoms with Crippen molar-refractivity contribution in [3.8, 4) is 10.8 Å². The molecular weight excluding hydrogens is 414 g/mol. The third-order valence-corrected chi connectivity index (χ3v) is 6.53. The molecule has 0 aliphatic rings. The number of methoxy groups -OCH3 is 1. The van der Waals surface area contributed by atoms with E-state index in [-0.39, 0.29) is 23.5 Å². The molecule has 10 heteroatoms. The number of nitrogens with one attached hydrogen (secondary N) is 2. The second-order valence-corrected chi connectivity index (χ2v) is 9.27. The number of hydrogen-bond donors (Lipinski definition) is 2. The summed E-state index contributed by atoms with van der Waals surface area (Å²) in [7, 11) is -2.17. The zero-order valence-electron chi connectivity index (χ0n) is 16.1. The second-order valence-electron chi connectivity index (χ2n) is 6.36. The van der Waals surface area contributed by atoms with Crippen molar-refractivity contribution < 1.29 is 22.4 Å². The Bertz CT molecular complexity index is 1070. The molecule has 1 unspecified atom stereocenters. The van der Waals surface area contributed by atoms with Crippen LogP contribution in [-0.4, -0.2) is 39.1 Å². The number of aromatic nitrogens is 1. The van der Waals surface area contributed by atoms with Gasteiger partial charge in [-0.15, -0.1) is 11.3 Å². The molecule has 1 amide bonds. The number of carbonyl (C=O) groups is 1. The van der Waals surface area contributed by atoms with E-state index in [0.717, 1.165) is 4.88 Å². The summed E-state index contributed by atoms with van der Waals surface area (Å²) in [5.74, 6) is 0.223. The number of aryl methyl sites for hydroxylation is 1. The molecule has 3 rings (SSSR count). The zero-order chi connectivity index (χ0) is 21.0. The molecule has 0 bridgehead atoms. The van der Waals surface area contributed by atoms with E-state index in [9.17, 15) is 13.2 Å². The predicted molar refractivity (Wildman–Crippen MR) is 111 cm³/mol. The highest BCUT2D eigenvalue weighted by atomic mass is 32.2. The van der Waals surface area contributed by atoms with Crippen LogP contribution in [0.15, 0.2) is 52.0 Å². The molecule has 154 valence electrons. The average Bonchev–Trinajstić information content (AvgIpc) is 3.31. The van der Waals surface area contributed by atoms with E-state index in [0.29, 0.717) is 22.1 Å². The van der Waals surface area contributed by atoms with Gasteiger partial charge in [-0.2, -0.15) is 0 Å². The van der Waals surface area contributed by atoms with Crippen LogP contribution in [0.2, 0.25) is 0 Å². The highest BCUT2D eigenvalue weighted by Gasteiger charge is 2.19. The highest BCUT2D eigenvalue weighted by molar-refractivity contribution is 7.89. The minimum absolute atomic E-state index is 0.100. The normalized spacial score (nSPS) is 12.7. The van der Waals surface area contributed by atoms with Crippen LogP contribution >= 0.6 is 11.3 Å². The van der Waals surface area contributed by atoms with Crippen LogP contribution in [0.3, 0.4) is 0 Å². The SMILES string of the molecule is COCC(C)NS(=O)(=O)c1ccc(NC(=O)c2nc(-c3ccco3)sc2C)cc1. The summed E-state index contributed by atoms with van der Waals surface area (Å²) in [4.78, 5) is 17.8. The molecule has 0 fully saturated rings. The molecule has 0 saturated carbocycles. The lowest BCUT2D eigenvalue weighted by molar-refractivity contribution is 0.102. The number of nitrogens with zero attached hydrogens (tertiary/aromatic N) is 1. The summed E-state index contributed by atoms with van der Waals surface area (Å²) >= 11 is 1.36. The van der Waals surface area contributed by atoms with E-state index in [1.54, 1.807) is 25.3 Å². The van der Waals surface area contributed by atoms with Crippen molar-refractivity contribution in [3.63, 3.8) is 0 Å². The highest BCUT2D eigenvalue weighted by Crippen LogP contribution is 2.28. The molecule has 1 aromatic carbocycles. The first-order valence-electron chi connectivity index (χ1n) is 8.74. The first-order chi connectivity index (χ1) is 13.8. The number of sulfonamides is 1. The Balaban J connectivity index is 1.71. The molecule has 29 heavy (non-hydrogen) atoms. The van der Waals surface area contributed by atoms with Crippen molar-refractivity contribution in [2.45, 2.75) is 24.8 Å². The van der Waals surface area contributed by atoms with E-state index in [4.69, 9.17) is 9.15 Å². The molecule has 8 nitrogen and oxygen atoms in total. The van der Waals surface area contributed by atoms with E-state index < -0.39 is 10.0 Å². The molecule has 0 aliphatic carbocycles. The molecule has 0 spiro atoms. The van der Waals surface area contributed by atoms with Gasteiger partial charge in [-0.1, -0.05) is 0 Å². The summed E-state index contributed by atoms with van der Waals surface area (Å²) < 4.78 is 37.5. The van der Waals surface area contributed by atoms with Crippen molar-refractivity contribution in [3.05, 3.63) is 53.2 Å². The number of ether oxygens (including phenoxy) is 1. The summed E-state index contributed by atoms with van der Waals surface area (Å²) in [5, 5.41) is 3.36. The van der Waals surface area contributed by atoms with Gasteiger partial charge in [-0.25, -0.2) is 18.1 Å². The second kappa shape index (κ2) is 8.87. The molecule has 3 aromatic rings. The lowest BCUT2D eigenvalue weighted by atomic mass is 10.3. The lowest BCUT2D eigenvalue weighted by Gasteiger charge is -2.13.